The lowest BCUT2D eigenvalue weighted by Crippen LogP contribution is -2.17. The molecule has 1 aromatic carbocycles. The predicted octanol–water partition coefficient (Wildman–Crippen LogP) is 2.45. The van der Waals surface area contributed by atoms with E-state index >= 15 is 0 Å². The van der Waals surface area contributed by atoms with E-state index < -0.39 is 5.97 Å². The van der Waals surface area contributed by atoms with Crippen molar-refractivity contribution >= 4 is 29.2 Å². The number of ether oxygens (including phenoxy) is 1. The van der Waals surface area contributed by atoms with E-state index in [1.807, 2.05) is 0 Å². The summed E-state index contributed by atoms with van der Waals surface area (Å²) in [4.78, 5) is 23.7. The van der Waals surface area contributed by atoms with Gasteiger partial charge in [-0.1, -0.05) is 11.6 Å². The van der Waals surface area contributed by atoms with Gasteiger partial charge in [-0.05, 0) is 50.0 Å². The Hall–Kier alpha value is -1.59. The second-order valence-corrected chi connectivity index (χ2v) is 5.56. The summed E-state index contributed by atoms with van der Waals surface area (Å²) in [6.45, 7) is 2.00. The SMILES string of the molecule is COC(=O)c1cc(Cl)ccc1NC(=O)CCC1CCNC1. The van der Waals surface area contributed by atoms with Crippen LogP contribution < -0.4 is 10.6 Å². The van der Waals surface area contributed by atoms with Crippen molar-refractivity contribution in [1.82, 2.24) is 5.32 Å². The Morgan fingerprint density at radius 2 is 2.29 bits per heavy atom. The van der Waals surface area contributed by atoms with Crippen LogP contribution in [0.1, 0.15) is 29.6 Å². The van der Waals surface area contributed by atoms with E-state index in [1.54, 1.807) is 12.1 Å². The Bertz CT molecular complexity index is 528. The molecule has 1 unspecified atom stereocenters. The molecule has 0 radical (unpaired) electrons. The van der Waals surface area contributed by atoms with Crippen molar-refractivity contribution in [2.24, 2.45) is 5.92 Å². The van der Waals surface area contributed by atoms with Crippen molar-refractivity contribution in [1.29, 1.82) is 0 Å². The Morgan fingerprint density at radius 3 is 2.95 bits per heavy atom. The monoisotopic (exact) mass is 310 g/mol. The summed E-state index contributed by atoms with van der Waals surface area (Å²) in [5.41, 5.74) is 0.696. The lowest BCUT2D eigenvalue weighted by molar-refractivity contribution is -0.116. The molecular formula is C15H19ClN2O3. The lowest BCUT2D eigenvalue weighted by Gasteiger charge is -2.11. The van der Waals surface area contributed by atoms with Gasteiger partial charge in [0.05, 0.1) is 18.4 Å². The largest absolute Gasteiger partial charge is 0.465 e. The van der Waals surface area contributed by atoms with Crippen molar-refractivity contribution in [2.45, 2.75) is 19.3 Å². The number of nitrogens with one attached hydrogen (secondary N) is 2. The van der Waals surface area contributed by atoms with Crippen LogP contribution in [0.3, 0.4) is 0 Å². The van der Waals surface area contributed by atoms with Gasteiger partial charge in [-0.25, -0.2) is 4.79 Å². The van der Waals surface area contributed by atoms with Crippen LogP contribution in [0.2, 0.25) is 5.02 Å². The van der Waals surface area contributed by atoms with Crippen LogP contribution >= 0.6 is 11.6 Å². The number of hydrogen-bond donors (Lipinski definition) is 2. The highest BCUT2D eigenvalue weighted by atomic mass is 35.5. The first-order chi connectivity index (χ1) is 10.1. The molecule has 1 atom stereocenters. The fraction of sp³-hybridized carbons (Fsp3) is 0.467. The van der Waals surface area contributed by atoms with E-state index in [0.29, 0.717) is 23.0 Å². The average Bonchev–Trinajstić information content (AvgIpc) is 2.99. The first-order valence-electron chi connectivity index (χ1n) is 6.98. The first kappa shape index (κ1) is 15.8. The summed E-state index contributed by atoms with van der Waals surface area (Å²) in [5.74, 6) is -0.0665. The molecule has 0 aromatic heterocycles. The molecule has 1 heterocycles. The fourth-order valence-electron chi connectivity index (χ4n) is 2.41. The topological polar surface area (TPSA) is 67.4 Å². The van der Waals surface area contributed by atoms with Crippen LogP contribution in [-0.2, 0) is 9.53 Å². The highest BCUT2D eigenvalue weighted by molar-refractivity contribution is 6.31. The molecule has 6 heteroatoms. The van der Waals surface area contributed by atoms with Gasteiger partial charge in [0, 0.05) is 11.4 Å². The van der Waals surface area contributed by atoms with Crippen LogP contribution in [0.4, 0.5) is 5.69 Å². The highest BCUT2D eigenvalue weighted by Crippen LogP contribution is 2.22. The number of methoxy groups -OCH3 is 1. The van der Waals surface area contributed by atoms with E-state index in [-0.39, 0.29) is 11.5 Å². The van der Waals surface area contributed by atoms with Gasteiger partial charge < -0.3 is 15.4 Å². The number of esters is 1. The Morgan fingerprint density at radius 1 is 1.48 bits per heavy atom. The lowest BCUT2D eigenvalue weighted by atomic mass is 10.0. The van der Waals surface area contributed by atoms with Gasteiger partial charge in [0.15, 0.2) is 0 Å². The molecule has 0 aliphatic carbocycles. The summed E-state index contributed by atoms with van der Waals surface area (Å²) < 4.78 is 4.70. The standard InChI is InChI=1S/C15H19ClN2O3/c1-21-15(20)12-8-11(16)3-4-13(12)18-14(19)5-2-10-6-7-17-9-10/h3-4,8,10,17H,2,5-7,9H2,1H3,(H,18,19). The quantitative estimate of drug-likeness (QED) is 0.820. The molecule has 1 aliphatic heterocycles. The molecule has 1 saturated heterocycles. The Balaban J connectivity index is 1.97. The molecule has 0 saturated carbocycles. The summed E-state index contributed by atoms with van der Waals surface area (Å²) >= 11 is 5.87. The second kappa shape index (κ2) is 7.43. The van der Waals surface area contributed by atoms with Crippen LogP contribution in [0.15, 0.2) is 18.2 Å². The Labute approximate surface area is 129 Å². The second-order valence-electron chi connectivity index (χ2n) is 5.13. The van der Waals surface area contributed by atoms with Crippen molar-refractivity contribution < 1.29 is 14.3 Å². The molecular weight excluding hydrogens is 292 g/mol. The fourth-order valence-corrected chi connectivity index (χ4v) is 2.59. The molecule has 21 heavy (non-hydrogen) atoms. The van der Waals surface area contributed by atoms with Gasteiger partial charge in [0.2, 0.25) is 5.91 Å². The molecule has 0 bridgehead atoms. The smallest absolute Gasteiger partial charge is 0.340 e. The zero-order chi connectivity index (χ0) is 15.2. The van der Waals surface area contributed by atoms with Crippen LogP contribution in [-0.4, -0.2) is 32.1 Å². The summed E-state index contributed by atoms with van der Waals surface area (Å²) in [6.07, 6.45) is 2.40. The minimum Gasteiger partial charge on any atom is -0.465 e. The van der Waals surface area contributed by atoms with Crippen molar-refractivity contribution in [3.8, 4) is 0 Å². The van der Waals surface area contributed by atoms with Crippen molar-refractivity contribution in [3.63, 3.8) is 0 Å². The maximum absolute atomic E-state index is 12.0. The van der Waals surface area contributed by atoms with Gasteiger partial charge in [-0.2, -0.15) is 0 Å². The average molecular weight is 311 g/mol. The first-order valence-corrected chi connectivity index (χ1v) is 7.36. The molecule has 1 amide bonds. The number of benzene rings is 1. The minimum atomic E-state index is -0.521. The maximum Gasteiger partial charge on any atom is 0.340 e. The predicted molar refractivity (Wildman–Crippen MR) is 81.6 cm³/mol. The third-order valence-electron chi connectivity index (χ3n) is 3.60. The molecule has 2 rings (SSSR count). The molecule has 1 aromatic rings. The van der Waals surface area contributed by atoms with Gasteiger partial charge in [-0.15, -0.1) is 0 Å². The minimum absolute atomic E-state index is 0.102. The maximum atomic E-state index is 12.0. The van der Waals surface area contributed by atoms with Crippen LogP contribution in [0, 0.1) is 5.92 Å². The van der Waals surface area contributed by atoms with Crippen molar-refractivity contribution in [3.05, 3.63) is 28.8 Å². The summed E-state index contributed by atoms with van der Waals surface area (Å²) in [6, 6.07) is 4.73. The Kier molecular flexibility index (Phi) is 5.59. The summed E-state index contributed by atoms with van der Waals surface area (Å²) in [7, 11) is 1.29. The van der Waals surface area contributed by atoms with Gasteiger partial charge in [-0.3, -0.25) is 4.79 Å². The van der Waals surface area contributed by atoms with E-state index in [0.717, 1.165) is 25.9 Å². The number of rotatable bonds is 5. The van der Waals surface area contributed by atoms with Gasteiger partial charge >= 0.3 is 5.97 Å². The molecule has 0 spiro atoms. The third-order valence-corrected chi connectivity index (χ3v) is 3.84. The van der Waals surface area contributed by atoms with Crippen molar-refractivity contribution in [2.75, 3.05) is 25.5 Å². The third kappa shape index (κ3) is 4.44. The van der Waals surface area contributed by atoms with E-state index in [1.165, 1.54) is 13.2 Å². The van der Waals surface area contributed by atoms with Crippen LogP contribution in [0.5, 0.6) is 0 Å². The van der Waals surface area contributed by atoms with E-state index in [4.69, 9.17) is 16.3 Å². The molecule has 2 N–H and O–H groups in total. The number of amides is 1. The number of anilines is 1. The van der Waals surface area contributed by atoms with Gasteiger partial charge in [0.1, 0.15) is 0 Å². The zero-order valence-electron chi connectivity index (χ0n) is 11.9. The zero-order valence-corrected chi connectivity index (χ0v) is 12.7. The van der Waals surface area contributed by atoms with E-state index in [2.05, 4.69) is 10.6 Å². The highest BCUT2D eigenvalue weighted by Gasteiger charge is 2.18. The molecule has 1 fully saturated rings. The van der Waals surface area contributed by atoms with Crippen LogP contribution in [0.25, 0.3) is 0 Å². The van der Waals surface area contributed by atoms with E-state index in [9.17, 15) is 9.59 Å². The molecule has 1 aliphatic rings. The summed E-state index contributed by atoms with van der Waals surface area (Å²) in [5, 5.41) is 6.46. The number of halogens is 1. The molecule has 114 valence electrons. The number of carbonyl (C=O) groups excluding carboxylic acids is 2. The van der Waals surface area contributed by atoms with Gasteiger partial charge in [0.25, 0.3) is 0 Å². The molecule has 5 nitrogen and oxygen atoms in total. The number of carbonyl (C=O) groups is 2. The number of hydrogen-bond acceptors (Lipinski definition) is 4. The normalized spacial score (nSPS) is 17.5.